The number of anilines is 1. The molecule has 1 aliphatic carbocycles. The van der Waals surface area contributed by atoms with Crippen LogP contribution in [0.5, 0.6) is 0 Å². The number of amides is 1. The molecule has 11 heteroatoms. The van der Waals surface area contributed by atoms with Gasteiger partial charge in [0.2, 0.25) is 10.0 Å². The molecule has 1 amide bonds. The molecule has 1 saturated carbocycles. The number of hydrogen-bond acceptors (Lipinski definition) is 8. The van der Waals surface area contributed by atoms with Crippen LogP contribution in [0.2, 0.25) is 0 Å². The van der Waals surface area contributed by atoms with Crippen LogP contribution in [0.4, 0.5) is 10.6 Å². The first-order valence-corrected chi connectivity index (χ1v) is 17.6. The summed E-state index contributed by atoms with van der Waals surface area (Å²) in [4.78, 5) is 35.9. The zero-order valence-electron chi connectivity index (χ0n) is 28.7. The van der Waals surface area contributed by atoms with Crippen LogP contribution in [0.25, 0.3) is 0 Å². The fourth-order valence-electron chi connectivity index (χ4n) is 5.34. The predicted molar refractivity (Wildman–Crippen MR) is 181 cm³/mol. The van der Waals surface area contributed by atoms with Crippen molar-refractivity contribution in [3.8, 4) is 0 Å². The third-order valence-corrected chi connectivity index (χ3v) is 9.56. The molecule has 0 saturated heterocycles. The first-order chi connectivity index (χ1) is 22.0. The van der Waals surface area contributed by atoms with Gasteiger partial charge in [-0.2, -0.15) is 4.31 Å². The Bertz CT molecular complexity index is 1630. The molecule has 0 radical (unpaired) electrons. The van der Waals surface area contributed by atoms with Crippen LogP contribution in [0.1, 0.15) is 97.4 Å². The Morgan fingerprint density at radius 3 is 2.15 bits per heavy atom. The quantitative estimate of drug-likeness (QED) is 0.177. The van der Waals surface area contributed by atoms with Gasteiger partial charge in [0.05, 0.1) is 12.2 Å². The van der Waals surface area contributed by atoms with E-state index in [9.17, 15) is 18.0 Å². The second-order valence-corrected chi connectivity index (χ2v) is 16.1. The Hall–Kier alpha value is -3.83. The summed E-state index contributed by atoms with van der Waals surface area (Å²) in [6, 6.07) is 16.3. The average molecular weight is 665 g/mol. The molecule has 0 atom stereocenters. The van der Waals surface area contributed by atoms with Crippen LogP contribution < -0.4 is 4.90 Å². The highest BCUT2D eigenvalue weighted by atomic mass is 32.2. The van der Waals surface area contributed by atoms with Crippen LogP contribution >= 0.6 is 0 Å². The van der Waals surface area contributed by atoms with Gasteiger partial charge in [-0.05, 0) is 102 Å². The highest BCUT2D eigenvalue weighted by molar-refractivity contribution is 7.89. The van der Waals surface area contributed by atoms with E-state index in [2.05, 4.69) is 29.0 Å². The van der Waals surface area contributed by atoms with E-state index in [1.54, 1.807) is 65.8 Å². The van der Waals surface area contributed by atoms with Gasteiger partial charge in [-0.15, -0.1) is 0 Å². The number of esters is 1. The topological polar surface area (TPSA) is 119 Å². The molecule has 4 rings (SSSR count). The lowest BCUT2D eigenvalue weighted by Crippen LogP contribution is -2.42. The smallest absolute Gasteiger partial charge is 0.416 e. The summed E-state index contributed by atoms with van der Waals surface area (Å²) in [7, 11) is -4.00. The largest absolute Gasteiger partial charge is 0.459 e. The maximum absolute atomic E-state index is 14.0. The number of aromatic nitrogens is 2. The second kappa shape index (κ2) is 14.5. The van der Waals surface area contributed by atoms with E-state index in [1.807, 2.05) is 12.1 Å². The Morgan fingerprint density at radius 1 is 0.894 bits per heavy atom. The van der Waals surface area contributed by atoms with Gasteiger partial charge in [0, 0.05) is 18.9 Å². The van der Waals surface area contributed by atoms with Crippen LogP contribution in [0.3, 0.4) is 0 Å². The van der Waals surface area contributed by atoms with E-state index in [1.165, 1.54) is 54.0 Å². The number of carbonyl (C=O) groups excluding carboxylic acids is 2. The Kier molecular flexibility index (Phi) is 11.1. The zero-order valence-corrected chi connectivity index (χ0v) is 29.5. The Morgan fingerprint density at radius 2 is 1.57 bits per heavy atom. The van der Waals surface area contributed by atoms with Gasteiger partial charge >= 0.3 is 12.1 Å². The summed E-state index contributed by atoms with van der Waals surface area (Å²) in [5, 5.41) is 0. The molecule has 10 nitrogen and oxygen atoms in total. The minimum atomic E-state index is -4.00. The van der Waals surface area contributed by atoms with Gasteiger partial charge < -0.3 is 9.47 Å². The summed E-state index contributed by atoms with van der Waals surface area (Å²) < 4.78 is 40.3. The molecule has 0 bridgehead atoms. The molecule has 1 aliphatic rings. The highest BCUT2D eigenvalue weighted by Crippen LogP contribution is 2.52. The molecule has 1 fully saturated rings. The van der Waals surface area contributed by atoms with Crippen molar-refractivity contribution in [1.82, 2.24) is 14.3 Å². The lowest BCUT2D eigenvalue weighted by molar-refractivity contribution is -0.153. The van der Waals surface area contributed by atoms with Gasteiger partial charge in [-0.3, -0.25) is 14.7 Å². The predicted octanol–water partition coefficient (Wildman–Crippen LogP) is 7.17. The van der Waals surface area contributed by atoms with Crippen molar-refractivity contribution in [2.45, 2.75) is 115 Å². The first-order valence-electron chi connectivity index (χ1n) is 16.2. The third kappa shape index (κ3) is 10.1. The van der Waals surface area contributed by atoms with Gasteiger partial charge in [0.25, 0.3) is 0 Å². The van der Waals surface area contributed by atoms with Crippen molar-refractivity contribution in [2.24, 2.45) is 0 Å². The molecule has 0 unspecified atom stereocenters. The molecular weight excluding hydrogens is 616 g/mol. The summed E-state index contributed by atoms with van der Waals surface area (Å²) >= 11 is 0. The van der Waals surface area contributed by atoms with Crippen molar-refractivity contribution in [1.29, 1.82) is 0 Å². The molecule has 2 heterocycles. The van der Waals surface area contributed by atoms with Gasteiger partial charge in [-0.25, -0.2) is 18.2 Å². The van der Waals surface area contributed by atoms with Crippen LogP contribution in [0.15, 0.2) is 71.9 Å². The lowest BCUT2D eigenvalue weighted by Gasteiger charge is -2.28. The fourth-order valence-corrected chi connectivity index (χ4v) is 6.70. The van der Waals surface area contributed by atoms with Crippen LogP contribution in [-0.2, 0) is 42.8 Å². The number of ether oxygens (including phenoxy) is 2. The molecule has 0 spiro atoms. The van der Waals surface area contributed by atoms with E-state index < -0.39 is 39.8 Å². The number of benzene rings is 1. The number of carbonyl (C=O) groups is 2. The summed E-state index contributed by atoms with van der Waals surface area (Å²) in [6.07, 6.45) is 7.95. The van der Waals surface area contributed by atoms with E-state index >= 15 is 0 Å². The molecule has 254 valence electrons. The highest BCUT2D eigenvalue weighted by Gasteiger charge is 2.43. The van der Waals surface area contributed by atoms with Gasteiger partial charge in [-0.1, -0.05) is 50.1 Å². The molecule has 0 N–H and O–H groups in total. The molecule has 3 aromatic rings. The molecule has 47 heavy (non-hydrogen) atoms. The van der Waals surface area contributed by atoms with E-state index in [0.29, 0.717) is 5.69 Å². The van der Waals surface area contributed by atoms with E-state index in [0.717, 1.165) is 16.9 Å². The standard InChI is InChI=1S/C36H48N4O6S/c1-8-9-19-36(20-21-36)28-17-15-27(16-18-28)24-39(47(43,44)30-13-11-22-37-23-30)25-29-12-10-14-31(38-29)40(33(42)46-35(5,6)7)26-32(41)45-34(2,3)4/h10-18,22-23H,8-9,19-21,24-26H2,1-7H3. The molecular formula is C36H48N4O6S. The van der Waals surface area contributed by atoms with Crippen molar-refractivity contribution in [3.05, 3.63) is 83.8 Å². The van der Waals surface area contributed by atoms with Crippen molar-refractivity contribution in [3.63, 3.8) is 0 Å². The Balaban J connectivity index is 1.64. The second-order valence-electron chi connectivity index (χ2n) is 14.2. The lowest BCUT2D eigenvalue weighted by atomic mass is 9.90. The minimum absolute atomic E-state index is 0.0598. The molecule has 0 aliphatic heterocycles. The summed E-state index contributed by atoms with van der Waals surface area (Å²) in [5.41, 5.74) is 1.17. The maximum Gasteiger partial charge on any atom is 0.416 e. The number of pyridine rings is 2. The fraction of sp³-hybridized carbons (Fsp3) is 0.500. The average Bonchev–Trinajstić information content (AvgIpc) is 3.79. The van der Waals surface area contributed by atoms with Gasteiger partial charge in [0.15, 0.2) is 0 Å². The van der Waals surface area contributed by atoms with Crippen LogP contribution in [-0.4, -0.2) is 52.5 Å². The number of sulfonamides is 1. The number of nitrogens with zero attached hydrogens (tertiary/aromatic N) is 4. The molecule has 1 aromatic carbocycles. The first kappa shape index (κ1) is 36.0. The van der Waals surface area contributed by atoms with E-state index in [4.69, 9.17) is 9.47 Å². The number of rotatable bonds is 13. The SMILES string of the molecule is CCCCC1(c2ccc(CN(Cc3cccc(N(CC(=O)OC(C)(C)C)C(=O)OC(C)(C)C)n3)S(=O)(=O)c3cccnc3)cc2)CC1. The van der Waals surface area contributed by atoms with E-state index in [-0.39, 0.29) is 29.2 Å². The van der Waals surface area contributed by atoms with Crippen molar-refractivity contribution in [2.75, 3.05) is 11.4 Å². The van der Waals surface area contributed by atoms with Crippen molar-refractivity contribution < 1.29 is 27.5 Å². The minimum Gasteiger partial charge on any atom is -0.459 e. The maximum atomic E-state index is 14.0. The molecule has 2 aromatic heterocycles. The zero-order chi connectivity index (χ0) is 34.5. The van der Waals surface area contributed by atoms with Crippen molar-refractivity contribution >= 4 is 27.9 Å². The summed E-state index contributed by atoms with van der Waals surface area (Å²) in [5.74, 6) is -0.505. The third-order valence-electron chi connectivity index (χ3n) is 7.79. The monoisotopic (exact) mass is 664 g/mol. The van der Waals surface area contributed by atoms with Gasteiger partial charge in [0.1, 0.15) is 28.5 Å². The summed E-state index contributed by atoms with van der Waals surface area (Å²) in [6.45, 7) is 12.2. The Labute approximate surface area is 279 Å². The van der Waals surface area contributed by atoms with Crippen LogP contribution in [0, 0.1) is 0 Å². The number of unbranched alkanes of at least 4 members (excludes halogenated alkanes) is 1. The normalized spacial score (nSPS) is 14.5. The number of hydrogen-bond donors (Lipinski definition) is 0.